The lowest BCUT2D eigenvalue weighted by Gasteiger charge is -2.51. The lowest BCUT2D eigenvalue weighted by atomic mass is 9.77. The highest BCUT2D eigenvalue weighted by atomic mass is 16.5. The van der Waals surface area contributed by atoms with Gasteiger partial charge in [-0.05, 0) is 48.9 Å². The lowest BCUT2D eigenvalue weighted by molar-refractivity contribution is 0.0383. The zero-order valence-corrected chi connectivity index (χ0v) is 18.8. The summed E-state index contributed by atoms with van der Waals surface area (Å²) in [6.45, 7) is 2.93. The molecule has 0 radical (unpaired) electrons. The minimum Gasteiger partial charge on any atom is -0.497 e. The third-order valence-electron chi connectivity index (χ3n) is 7.36. The number of allylic oxidation sites excluding steroid dienone is 1. The molecule has 1 aliphatic carbocycles. The van der Waals surface area contributed by atoms with Crippen molar-refractivity contribution in [1.82, 2.24) is 15.1 Å². The fourth-order valence-electron chi connectivity index (χ4n) is 5.75. The number of likely N-dealkylation sites (tertiary alicyclic amines) is 1. The average molecular weight is 432 g/mol. The first-order valence-electron chi connectivity index (χ1n) is 11.9. The van der Waals surface area contributed by atoms with Gasteiger partial charge in [-0.1, -0.05) is 54.6 Å². The molecule has 5 heteroatoms. The van der Waals surface area contributed by atoms with Crippen molar-refractivity contribution in [3.63, 3.8) is 0 Å². The van der Waals surface area contributed by atoms with Gasteiger partial charge < -0.3 is 15.0 Å². The molecule has 0 aromatic heterocycles. The van der Waals surface area contributed by atoms with Gasteiger partial charge in [0, 0.05) is 37.6 Å². The Hall–Kier alpha value is -2.79. The molecule has 2 fully saturated rings. The number of amides is 2. The molecular weight excluding hydrogens is 398 g/mol. The van der Waals surface area contributed by atoms with Crippen LogP contribution < -0.4 is 10.1 Å². The zero-order chi connectivity index (χ0) is 21.9. The van der Waals surface area contributed by atoms with Gasteiger partial charge in [0.1, 0.15) is 5.75 Å². The Balaban J connectivity index is 1.31. The summed E-state index contributed by atoms with van der Waals surface area (Å²) >= 11 is 0. The van der Waals surface area contributed by atoms with Gasteiger partial charge in [0.25, 0.3) is 0 Å². The van der Waals surface area contributed by atoms with Crippen molar-refractivity contribution in [1.29, 1.82) is 0 Å². The first kappa shape index (κ1) is 21.1. The third kappa shape index (κ3) is 4.26. The van der Waals surface area contributed by atoms with Gasteiger partial charge >= 0.3 is 6.03 Å². The number of rotatable bonds is 5. The third-order valence-corrected chi connectivity index (χ3v) is 7.36. The summed E-state index contributed by atoms with van der Waals surface area (Å²) in [4.78, 5) is 18.0. The molecule has 2 heterocycles. The SMILES string of the molecule is COc1cccc(CN2CCC(N3C(=O)NC4CC=CCC4C3c3ccccc3)CC2)c1. The molecule has 5 rings (SSSR count). The molecule has 3 unspecified atom stereocenters. The van der Waals surface area contributed by atoms with Gasteiger partial charge in [-0.3, -0.25) is 4.90 Å². The average Bonchev–Trinajstić information content (AvgIpc) is 2.84. The first-order chi connectivity index (χ1) is 15.7. The summed E-state index contributed by atoms with van der Waals surface area (Å²) in [6.07, 6.45) is 8.49. The van der Waals surface area contributed by atoms with E-state index >= 15 is 0 Å². The van der Waals surface area contributed by atoms with Crippen LogP contribution in [0.2, 0.25) is 0 Å². The Kier molecular flexibility index (Phi) is 6.17. The van der Waals surface area contributed by atoms with Crippen LogP contribution in [0.3, 0.4) is 0 Å². The molecule has 2 saturated heterocycles. The molecule has 3 atom stereocenters. The predicted molar refractivity (Wildman–Crippen MR) is 126 cm³/mol. The topological polar surface area (TPSA) is 44.8 Å². The molecule has 0 bridgehead atoms. The van der Waals surface area contributed by atoms with E-state index in [1.165, 1.54) is 11.1 Å². The number of piperidine rings is 1. The molecule has 1 N–H and O–H groups in total. The fraction of sp³-hybridized carbons (Fsp3) is 0.444. The number of hydrogen-bond acceptors (Lipinski definition) is 3. The smallest absolute Gasteiger partial charge is 0.318 e. The molecule has 168 valence electrons. The molecular formula is C27H33N3O2. The minimum absolute atomic E-state index is 0.113. The van der Waals surface area contributed by atoms with E-state index in [0.29, 0.717) is 5.92 Å². The number of nitrogens with one attached hydrogen (secondary N) is 1. The molecule has 2 aromatic carbocycles. The van der Waals surface area contributed by atoms with Gasteiger partial charge in [0.15, 0.2) is 0 Å². The van der Waals surface area contributed by atoms with E-state index in [9.17, 15) is 4.79 Å². The van der Waals surface area contributed by atoms with Crippen LogP contribution in [0.4, 0.5) is 4.79 Å². The monoisotopic (exact) mass is 431 g/mol. The van der Waals surface area contributed by atoms with Gasteiger partial charge in [0.2, 0.25) is 0 Å². The van der Waals surface area contributed by atoms with Crippen LogP contribution in [0.25, 0.3) is 0 Å². The van der Waals surface area contributed by atoms with E-state index in [0.717, 1.165) is 51.1 Å². The van der Waals surface area contributed by atoms with E-state index in [4.69, 9.17) is 4.74 Å². The van der Waals surface area contributed by atoms with Crippen LogP contribution in [0.1, 0.15) is 42.9 Å². The van der Waals surface area contributed by atoms with E-state index in [2.05, 4.69) is 75.8 Å². The summed E-state index contributed by atoms with van der Waals surface area (Å²) in [7, 11) is 1.71. The van der Waals surface area contributed by atoms with Crippen molar-refractivity contribution in [3.8, 4) is 5.75 Å². The number of urea groups is 1. The number of hydrogen-bond donors (Lipinski definition) is 1. The minimum atomic E-state index is 0.113. The molecule has 2 aromatic rings. The van der Waals surface area contributed by atoms with Crippen LogP contribution in [-0.2, 0) is 6.54 Å². The Bertz CT molecular complexity index is 952. The molecule has 0 saturated carbocycles. The van der Waals surface area contributed by atoms with Crippen LogP contribution >= 0.6 is 0 Å². The molecule has 2 aliphatic heterocycles. The zero-order valence-electron chi connectivity index (χ0n) is 18.8. The summed E-state index contributed by atoms with van der Waals surface area (Å²) in [5, 5.41) is 3.34. The molecule has 32 heavy (non-hydrogen) atoms. The number of methoxy groups -OCH3 is 1. The molecule has 3 aliphatic rings. The van der Waals surface area contributed by atoms with E-state index in [1.807, 2.05) is 6.07 Å². The maximum absolute atomic E-state index is 13.3. The fourth-order valence-corrected chi connectivity index (χ4v) is 5.75. The van der Waals surface area contributed by atoms with Crippen LogP contribution in [0.5, 0.6) is 5.75 Å². The number of nitrogens with zero attached hydrogens (tertiary/aromatic N) is 2. The van der Waals surface area contributed by atoms with Crippen molar-refractivity contribution in [3.05, 3.63) is 77.9 Å². The van der Waals surface area contributed by atoms with Crippen LogP contribution in [0, 0.1) is 5.92 Å². The number of benzene rings is 2. The van der Waals surface area contributed by atoms with Crippen LogP contribution in [-0.4, -0.2) is 48.1 Å². The van der Waals surface area contributed by atoms with Gasteiger partial charge in [-0.2, -0.15) is 0 Å². The number of carbonyl (C=O) groups is 1. The highest BCUT2D eigenvalue weighted by molar-refractivity contribution is 5.77. The van der Waals surface area contributed by atoms with E-state index < -0.39 is 0 Å². The Labute approximate surface area is 191 Å². The number of fused-ring (bicyclic) bond motifs is 1. The quantitative estimate of drug-likeness (QED) is 0.694. The number of ether oxygens (including phenoxy) is 1. The summed E-state index contributed by atoms with van der Waals surface area (Å²) < 4.78 is 5.37. The van der Waals surface area contributed by atoms with Crippen molar-refractivity contribution in [2.24, 2.45) is 5.92 Å². The van der Waals surface area contributed by atoms with E-state index in [-0.39, 0.29) is 24.2 Å². The maximum Gasteiger partial charge on any atom is 0.318 e. The second-order valence-corrected chi connectivity index (χ2v) is 9.28. The normalized spacial score (nSPS) is 26.5. The van der Waals surface area contributed by atoms with Crippen molar-refractivity contribution >= 4 is 6.03 Å². The van der Waals surface area contributed by atoms with Crippen LogP contribution in [0.15, 0.2) is 66.7 Å². The van der Waals surface area contributed by atoms with Crippen molar-refractivity contribution in [2.75, 3.05) is 20.2 Å². The van der Waals surface area contributed by atoms with Gasteiger partial charge in [-0.25, -0.2) is 4.79 Å². The molecule has 5 nitrogen and oxygen atoms in total. The highest BCUT2D eigenvalue weighted by Gasteiger charge is 2.45. The summed E-state index contributed by atoms with van der Waals surface area (Å²) in [6, 6.07) is 19.8. The largest absolute Gasteiger partial charge is 0.497 e. The molecule has 2 amide bonds. The maximum atomic E-state index is 13.3. The Morgan fingerprint density at radius 1 is 1.00 bits per heavy atom. The second kappa shape index (κ2) is 9.37. The molecule has 0 spiro atoms. The van der Waals surface area contributed by atoms with Crippen molar-refractivity contribution < 1.29 is 9.53 Å². The Morgan fingerprint density at radius 3 is 2.56 bits per heavy atom. The predicted octanol–water partition coefficient (Wildman–Crippen LogP) is 4.76. The lowest BCUT2D eigenvalue weighted by Crippen LogP contribution is -2.62. The van der Waals surface area contributed by atoms with Gasteiger partial charge in [0.05, 0.1) is 13.2 Å². The van der Waals surface area contributed by atoms with E-state index in [1.54, 1.807) is 7.11 Å². The van der Waals surface area contributed by atoms with Gasteiger partial charge in [-0.15, -0.1) is 0 Å². The second-order valence-electron chi connectivity index (χ2n) is 9.28. The standard InChI is InChI=1S/C27H33N3O2/c1-32-23-11-7-8-20(18-23)19-29-16-14-22(15-17-29)30-26(21-9-3-2-4-10-21)24-12-5-6-13-25(24)28-27(30)31/h2-11,18,22,24-26H,12-17,19H2,1H3,(H,28,31). The first-order valence-corrected chi connectivity index (χ1v) is 11.9. The highest BCUT2D eigenvalue weighted by Crippen LogP contribution is 2.42. The Morgan fingerprint density at radius 2 is 1.78 bits per heavy atom. The van der Waals surface area contributed by atoms with Crippen molar-refractivity contribution in [2.45, 2.75) is 50.4 Å². The summed E-state index contributed by atoms with van der Waals surface area (Å²) in [5.74, 6) is 1.33. The summed E-state index contributed by atoms with van der Waals surface area (Å²) in [5.41, 5.74) is 2.55. The number of carbonyl (C=O) groups excluding carboxylic acids is 1.